The summed E-state index contributed by atoms with van der Waals surface area (Å²) in [6.45, 7) is 7.62. The van der Waals surface area contributed by atoms with Crippen molar-refractivity contribution in [2.75, 3.05) is 13.1 Å². The van der Waals surface area contributed by atoms with Gasteiger partial charge in [0.25, 0.3) is 0 Å². The largest absolute Gasteiger partial charge is 0.443 e. The van der Waals surface area contributed by atoms with Crippen LogP contribution in [0.1, 0.15) is 37.6 Å². The van der Waals surface area contributed by atoms with E-state index in [0.29, 0.717) is 6.42 Å². The van der Waals surface area contributed by atoms with Gasteiger partial charge >= 0.3 is 5.97 Å². The highest BCUT2D eigenvalue weighted by molar-refractivity contribution is 5.94. The molecule has 0 radical (unpaired) electrons. The summed E-state index contributed by atoms with van der Waals surface area (Å²) in [6, 6.07) is 6.61. The Bertz CT molecular complexity index is 494. The number of rotatable bonds is 7. The fraction of sp³-hybridized carbons (Fsp3) is 0.500. The summed E-state index contributed by atoms with van der Waals surface area (Å²) >= 11 is 0. The summed E-state index contributed by atoms with van der Waals surface area (Å²) in [5.41, 5.74) is 9.09. The van der Waals surface area contributed by atoms with Gasteiger partial charge in [-0.05, 0) is 31.1 Å². The predicted octanol–water partition coefficient (Wildman–Crippen LogP) is 3.86. The second kappa shape index (κ2) is 8.19. The molecule has 1 unspecified atom stereocenters. The Morgan fingerprint density at radius 3 is 2.55 bits per heavy atom. The number of carbonyl (C=O) groups excluding carboxylic acids is 1. The molecule has 0 aromatic heterocycles. The molecule has 1 aromatic carbocycles. The molecular weight excluding hydrogens is 256 g/mol. The number of benzene rings is 1. The van der Waals surface area contributed by atoms with Crippen molar-refractivity contribution in [3.8, 4) is 0 Å². The maximum Gasteiger partial charge on any atom is 0.340 e. The van der Waals surface area contributed by atoms with Crippen molar-refractivity contribution in [1.29, 1.82) is 0 Å². The normalized spacial score (nSPS) is 11.8. The highest BCUT2D eigenvalue weighted by Crippen LogP contribution is 2.21. The van der Waals surface area contributed by atoms with Gasteiger partial charge in [-0.25, -0.2) is 4.79 Å². The second-order valence-electron chi connectivity index (χ2n) is 4.20. The van der Waals surface area contributed by atoms with Gasteiger partial charge in [-0.1, -0.05) is 44.1 Å². The fourth-order valence-corrected chi connectivity index (χ4v) is 2.02. The van der Waals surface area contributed by atoms with E-state index in [1.165, 1.54) is 0 Å². The van der Waals surface area contributed by atoms with Crippen molar-refractivity contribution in [3.05, 3.63) is 40.3 Å². The maximum absolute atomic E-state index is 12.2. The van der Waals surface area contributed by atoms with E-state index in [-0.39, 0.29) is 17.5 Å². The molecule has 1 atom stereocenters. The number of ether oxygens (including phenoxy) is 1. The van der Waals surface area contributed by atoms with Crippen LogP contribution in [0.2, 0.25) is 0 Å². The molecule has 108 valence electrons. The molecule has 0 spiro atoms. The minimum Gasteiger partial charge on any atom is -0.443 e. The highest BCUT2D eigenvalue weighted by Gasteiger charge is 2.20. The van der Waals surface area contributed by atoms with E-state index in [9.17, 15) is 4.79 Å². The minimum atomic E-state index is -0.466. The molecule has 6 heteroatoms. The molecule has 0 amide bonds. The Hall–Kier alpha value is -2.04. The van der Waals surface area contributed by atoms with Crippen molar-refractivity contribution < 1.29 is 9.53 Å². The first-order valence-electron chi connectivity index (χ1n) is 6.77. The number of azide groups is 1. The molecule has 0 aliphatic heterocycles. The van der Waals surface area contributed by atoms with E-state index >= 15 is 0 Å². The van der Waals surface area contributed by atoms with E-state index in [0.717, 1.165) is 13.1 Å². The molecule has 1 aromatic rings. The van der Waals surface area contributed by atoms with Crippen molar-refractivity contribution in [3.63, 3.8) is 0 Å². The second-order valence-corrected chi connectivity index (χ2v) is 4.20. The number of nitrogens with zero attached hydrogens (tertiary/aromatic N) is 4. The van der Waals surface area contributed by atoms with Gasteiger partial charge in [-0.15, -0.1) is 0 Å². The number of carbonyl (C=O) groups is 1. The molecule has 0 saturated heterocycles. The Labute approximate surface area is 119 Å². The summed E-state index contributed by atoms with van der Waals surface area (Å²) in [7, 11) is 0. The van der Waals surface area contributed by atoms with Gasteiger partial charge in [-0.2, -0.15) is 0 Å². The van der Waals surface area contributed by atoms with Gasteiger partial charge in [0.1, 0.15) is 0 Å². The monoisotopic (exact) mass is 276 g/mol. The van der Waals surface area contributed by atoms with Gasteiger partial charge in [-0.3, -0.25) is 4.90 Å². The summed E-state index contributed by atoms with van der Waals surface area (Å²) in [5.74, 6) is -0.466. The fourth-order valence-electron chi connectivity index (χ4n) is 2.02. The lowest BCUT2D eigenvalue weighted by Gasteiger charge is -2.28. The molecule has 0 bridgehead atoms. The van der Waals surface area contributed by atoms with Crippen molar-refractivity contribution in [1.82, 2.24) is 4.90 Å². The zero-order chi connectivity index (χ0) is 15.0. The zero-order valence-electron chi connectivity index (χ0n) is 12.1. The van der Waals surface area contributed by atoms with E-state index < -0.39 is 5.97 Å². The van der Waals surface area contributed by atoms with Gasteiger partial charge < -0.3 is 4.74 Å². The van der Waals surface area contributed by atoms with Gasteiger partial charge in [0.05, 0.1) is 11.3 Å². The highest BCUT2D eigenvalue weighted by atomic mass is 16.6. The third kappa shape index (κ3) is 3.98. The van der Waals surface area contributed by atoms with Crippen LogP contribution in [0.5, 0.6) is 0 Å². The zero-order valence-corrected chi connectivity index (χ0v) is 12.1. The molecule has 0 N–H and O–H groups in total. The Kier molecular flexibility index (Phi) is 6.56. The minimum absolute atomic E-state index is 0.267. The molecule has 0 heterocycles. The quantitative estimate of drug-likeness (QED) is 0.249. The van der Waals surface area contributed by atoms with Crippen LogP contribution in [0.25, 0.3) is 10.4 Å². The summed E-state index contributed by atoms with van der Waals surface area (Å²) in [6.07, 6.45) is 0.438. The molecule has 0 saturated carbocycles. The summed E-state index contributed by atoms with van der Waals surface area (Å²) < 4.78 is 5.52. The van der Waals surface area contributed by atoms with Crippen LogP contribution < -0.4 is 0 Å². The molecule has 0 aliphatic carbocycles. The topological polar surface area (TPSA) is 78.3 Å². The van der Waals surface area contributed by atoms with E-state index in [1.807, 2.05) is 20.8 Å². The lowest BCUT2D eigenvalue weighted by molar-refractivity contribution is -0.0306. The van der Waals surface area contributed by atoms with Crippen LogP contribution in [0.15, 0.2) is 29.4 Å². The van der Waals surface area contributed by atoms with Gasteiger partial charge in [0.15, 0.2) is 6.23 Å². The SMILES string of the molecule is CCC(OC(=O)c1ccccc1N=[N+]=[N-])N(CC)CC. The molecule has 6 nitrogen and oxygen atoms in total. The van der Waals surface area contributed by atoms with Gasteiger partial charge in [0, 0.05) is 4.91 Å². The standard InChI is InChI=1S/C14H20N4O2/c1-4-13(18(5-2)6-3)20-14(19)11-9-7-8-10-12(11)16-17-15/h7-10,13H,4-6H2,1-3H3. The van der Waals surface area contributed by atoms with Gasteiger partial charge in [0.2, 0.25) is 0 Å². The van der Waals surface area contributed by atoms with E-state index in [1.54, 1.807) is 24.3 Å². The van der Waals surface area contributed by atoms with Crippen molar-refractivity contribution >= 4 is 11.7 Å². The number of esters is 1. The van der Waals surface area contributed by atoms with Crippen LogP contribution in [0.3, 0.4) is 0 Å². The van der Waals surface area contributed by atoms with Crippen LogP contribution in [-0.4, -0.2) is 30.2 Å². The third-order valence-electron chi connectivity index (χ3n) is 3.09. The number of hydrogen-bond donors (Lipinski definition) is 0. The van der Waals surface area contributed by atoms with E-state index in [4.69, 9.17) is 10.3 Å². The van der Waals surface area contributed by atoms with Crippen LogP contribution in [-0.2, 0) is 4.74 Å². The average molecular weight is 276 g/mol. The Morgan fingerprint density at radius 1 is 1.35 bits per heavy atom. The van der Waals surface area contributed by atoms with Crippen molar-refractivity contribution in [2.24, 2.45) is 5.11 Å². The Balaban J connectivity index is 2.92. The number of hydrogen-bond acceptors (Lipinski definition) is 4. The third-order valence-corrected chi connectivity index (χ3v) is 3.09. The first-order chi connectivity index (χ1) is 9.67. The molecule has 0 aliphatic rings. The van der Waals surface area contributed by atoms with Crippen molar-refractivity contribution in [2.45, 2.75) is 33.4 Å². The summed E-state index contributed by atoms with van der Waals surface area (Å²) in [5, 5.41) is 3.51. The molecule has 20 heavy (non-hydrogen) atoms. The van der Waals surface area contributed by atoms with Crippen LogP contribution >= 0.6 is 0 Å². The summed E-state index contributed by atoms with van der Waals surface area (Å²) in [4.78, 5) is 17.0. The molecule has 1 rings (SSSR count). The van der Waals surface area contributed by atoms with Crippen LogP contribution in [0, 0.1) is 0 Å². The smallest absolute Gasteiger partial charge is 0.340 e. The average Bonchev–Trinajstić information content (AvgIpc) is 2.48. The maximum atomic E-state index is 12.2. The molecular formula is C14H20N4O2. The van der Waals surface area contributed by atoms with E-state index in [2.05, 4.69) is 14.9 Å². The lowest BCUT2D eigenvalue weighted by atomic mass is 10.2. The van der Waals surface area contributed by atoms with Crippen LogP contribution in [0.4, 0.5) is 5.69 Å². The lowest BCUT2D eigenvalue weighted by Crippen LogP contribution is -2.38. The predicted molar refractivity (Wildman–Crippen MR) is 77.7 cm³/mol. The Morgan fingerprint density at radius 2 is 2.00 bits per heavy atom. The first-order valence-corrected chi connectivity index (χ1v) is 6.77. The molecule has 0 fully saturated rings. The first kappa shape index (κ1) is 16.0.